The molecule has 0 spiro atoms. The molecule has 0 amide bonds. The molecule has 1 aliphatic carbocycles. The molecule has 0 bridgehead atoms. The van der Waals surface area contributed by atoms with Crippen LogP contribution in [0.4, 0.5) is 5.82 Å². The number of anilines is 1. The van der Waals surface area contributed by atoms with Gasteiger partial charge in [0.2, 0.25) is 0 Å². The monoisotopic (exact) mass is 450 g/mol. The minimum Gasteiger partial charge on any atom is -0.598 e. The molecule has 6 heteroatoms. The lowest BCUT2D eigenvalue weighted by molar-refractivity contribution is 0.456. The minimum absolute atomic E-state index is 0.0459. The maximum absolute atomic E-state index is 12.8. The van der Waals surface area contributed by atoms with Gasteiger partial charge in [-0.05, 0) is 87.4 Å². The van der Waals surface area contributed by atoms with Gasteiger partial charge in [-0.3, -0.25) is 4.98 Å². The zero-order valence-corrected chi connectivity index (χ0v) is 20.5. The largest absolute Gasteiger partial charge is 0.598 e. The van der Waals surface area contributed by atoms with Crippen molar-refractivity contribution in [2.45, 2.75) is 70.7 Å². The summed E-state index contributed by atoms with van der Waals surface area (Å²) >= 11 is -1.15. The molecule has 2 atom stereocenters. The van der Waals surface area contributed by atoms with Gasteiger partial charge in [-0.15, -0.1) is 4.72 Å². The maximum atomic E-state index is 12.8. The molecule has 1 saturated carbocycles. The van der Waals surface area contributed by atoms with Crippen molar-refractivity contribution in [1.82, 2.24) is 14.7 Å². The van der Waals surface area contributed by atoms with E-state index in [4.69, 9.17) is 4.98 Å². The quantitative estimate of drug-likeness (QED) is 0.411. The third-order valence-corrected chi connectivity index (χ3v) is 7.21. The first-order chi connectivity index (χ1) is 15.2. The summed E-state index contributed by atoms with van der Waals surface area (Å²) in [6.45, 7) is 10.3. The Kier molecular flexibility index (Phi) is 6.75. The molecule has 2 aromatic heterocycles. The van der Waals surface area contributed by atoms with Gasteiger partial charge in [0.25, 0.3) is 0 Å². The van der Waals surface area contributed by atoms with Crippen molar-refractivity contribution in [3.8, 4) is 11.1 Å². The molecule has 2 heterocycles. The number of fused-ring (bicyclic) bond motifs is 1. The number of rotatable bonds is 8. The zero-order chi connectivity index (χ0) is 22.9. The summed E-state index contributed by atoms with van der Waals surface area (Å²) in [5.74, 6) is 1.41. The minimum atomic E-state index is -1.15. The van der Waals surface area contributed by atoms with Crippen molar-refractivity contribution in [2.75, 3.05) is 5.32 Å². The Labute approximate surface area is 194 Å². The molecule has 4 rings (SSSR count). The highest BCUT2D eigenvalue weighted by atomic mass is 32.2. The van der Waals surface area contributed by atoms with Crippen molar-refractivity contribution >= 4 is 28.1 Å². The summed E-state index contributed by atoms with van der Waals surface area (Å²) in [7, 11) is 0. The van der Waals surface area contributed by atoms with Crippen molar-refractivity contribution in [3.63, 3.8) is 0 Å². The van der Waals surface area contributed by atoms with E-state index in [0.29, 0.717) is 12.0 Å². The summed E-state index contributed by atoms with van der Waals surface area (Å²) in [5.41, 5.74) is 4.19. The Bertz CT molecular complexity index is 1070. The molecule has 2 N–H and O–H groups in total. The smallest absolute Gasteiger partial charge is 0.136 e. The first kappa shape index (κ1) is 23.0. The van der Waals surface area contributed by atoms with Crippen LogP contribution in [-0.2, 0) is 11.4 Å². The molecule has 0 radical (unpaired) electrons. The fourth-order valence-corrected chi connectivity index (χ4v) is 4.48. The van der Waals surface area contributed by atoms with Crippen LogP contribution < -0.4 is 10.0 Å². The molecule has 2 unspecified atom stereocenters. The molecule has 0 aliphatic heterocycles. The predicted octanol–water partition coefficient (Wildman–Crippen LogP) is 6.01. The van der Waals surface area contributed by atoms with E-state index in [0.717, 1.165) is 40.0 Å². The van der Waals surface area contributed by atoms with Gasteiger partial charge in [0.05, 0.1) is 17.3 Å². The molecule has 0 saturated heterocycles. The molecular weight excluding hydrogens is 416 g/mol. The van der Waals surface area contributed by atoms with Crippen LogP contribution in [0.25, 0.3) is 22.0 Å². The van der Waals surface area contributed by atoms with E-state index in [1.54, 1.807) is 0 Å². The first-order valence-corrected chi connectivity index (χ1v) is 12.7. The lowest BCUT2D eigenvalue weighted by atomic mass is 10.00. The predicted molar refractivity (Wildman–Crippen MR) is 135 cm³/mol. The fourth-order valence-electron chi connectivity index (χ4n) is 3.65. The van der Waals surface area contributed by atoms with E-state index >= 15 is 0 Å². The third kappa shape index (κ3) is 5.80. The van der Waals surface area contributed by atoms with Gasteiger partial charge in [0.1, 0.15) is 10.6 Å². The summed E-state index contributed by atoms with van der Waals surface area (Å²) < 4.78 is 15.8. The SMILES string of the molecule is CC(C)CC(N[S+]([O-])C(C)(C)C)c1ccc2cc(-c3ccnc(NC4CC4)c3)ccc2n1. The number of benzene rings is 1. The number of pyridine rings is 2. The van der Waals surface area contributed by atoms with Crippen LogP contribution in [0.2, 0.25) is 0 Å². The Hall–Kier alpha value is -2.15. The molecule has 1 fully saturated rings. The third-order valence-electron chi connectivity index (χ3n) is 5.60. The van der Waals surface area contributed by atoms with Crippen molar-refractivity contribution in [2.24, 2.45) is 5.92 Å². The van der Waals surface area contributed by atoms with Gasteiger partial charge in [0.15, 0.2) is 0 Å². The second-order valence-electron chi connectivity index (χ2n) is 10.2. The Morgan fingerprint density at radius 1 is 1.06 bits per heavy atom. The lowest BCUT2D eigenvalue weighted by Gasteiger charge is -2.28. The fraction of sp³-hybridized carbons (Fsp3) is 0.462. The van der Waals surface area contributed by atoms with E-state index in [1.807, 2.05) is 33.0 Å². The Balaban J connectivity index is 1.59. The summed E-state index contributed by atoms with van der Waals surface area (Å²) in [6.07, 6.45) is 5.20. The molecule has 170 valence electrons. The molecule has 3 aromatic rings. The number of hydrogen-bond acceptors (Lipinski definition) is 5. The zero-order valence-electron chi connectivity index (χ0n) is 19.7. The lowest BCUT2D eigenvalue weighted by Crippen LogP contribution is -2.41. The second-order valence-corrected chi connectivity index (χ2v) is 12.2. The molecule has 5 nitrogen and oxygen atoms in total. The first-order valence-electron chi connectivity index (χ1n) is 11.5. The van der Waals surface area contributed by atoms with Gasteiger partial charge in [-0.25, -0.2) is 4.98 Å². The van der Waals surface area contributed by atoms with Crippen molar-refractivity contribution < 1.29 is 4.55 Å². The highest BCUT2D eigenvalue weighted by Crippen LogP contribution is 2.30. The number of hydrogen-bond donors (Lipinski definition) is 2. The van der Waals surface area contributed by atoms with Crippen LogP contribution >= 0.6 is 0 Å². The van der Waals surface area contributed by atoms with Gasteiger partial charge in [-0.1, -0.05) is 26.0 Å². The normalized spacial score (nSPS) is 16.3. The standard InChI is InChI=1S/C26H34N4OS/c1-17(2)14-24(30-32(31)26(3,4)5)23-11-7-20-15-18(6-10-22(20)29-23)19-12-13-27-25(16-19)28-21-8-9-21/h6-7,10-13,15-17,21,24,30H,8-9,14H2,1-5H3,(H,27,28). The van der Waals surface area contributed by atoms with Crippen LogP contribution in [0.15, 0.2) is 48.7 Å². The Morgan fingerprint density at radius 3 is 2.50 bits per heavy atom. The molecule has 1 aliphatic rings. The highest BCUT2D eigenvalue weighted by molar-refractivity contribution is 7.90. The van der Waals surface area contributed by atoms with Crippen molar-refractivity contribution in [1.29, 1.82) is 0 Å². The topological polar surface area (TPSA) is 72.9 Å². The average molecular weight is 451 g/mol. The van der Waals surface area contributed by atoms with Crippen LogP contribution in [0, 0.1) is 5.92 Å². The van der Waals surface area contributed by atoms with E-state index < -0.39 is 11.4 Å². The molecule has 1 aromatic carbocycles. The number of aromatic nitrogens is 2. The van der Waals surface area contributed by atoms with Crippen LogP contribution in [0.3, 0.4) is 0 Å². The van der Waals surface area contributed by atoms with E-state index in [9.17, 15) is 4.55 Å². The number of nitrogens with one attached hydrogen (secondary N) is 2. The van der Waals surface area contributed by atoms with Gasteiger partial charge in [0, 0.05) is 29.0 Å². The van der Waals surface area contributed by atoms with Gasteiger partial charge >= 0.3 is 0 Å². The Morgan fingerprint density at radius 2 is 1.81 bits per heavy atom. The summed E-state index contributed by atoms with van der Waals surface area (Å²) in [4.78, 5) is 9.39. The van der Waals surface area contributed by atoms with Gasteiger partial charge in [-0.2, -0.15) is 0 Å². The highest BCUT2D eigenvalue weighted by Gasteiger charge is 2.30. The van der Waals surface area contributed by atoms with Crippen molar-refractivity contribution in [3.05, 3.63) is 54.4 Å². The summed E-state index contributed by atoms with van der Waals surface area (Å²) in [5, 5.41) is 4.57. The van der Waals surface area contributed by atoms with E-state index in [-0.39, 0.29) is 10.8 Å². The van der Waals surface area contributed by atoms with E-state index in [1.165, 1.54) is 12.8 Å². The average Bonchev–Trinajstić information content (AvgIpc) is 3.55. The van der Waals surface area contributed by atoms with Crippen LogP contribution in [0.5, 0.6) is 0 Å². The number of nitrogens with zero attached hydrogens (tertiary/aromatic N) is 2. The van der Waals surface area contributed by atoms with Crippen LogP contribution in [0.1, 0.15) is 65.6 Å². The van der Waals surface area contributed by atoms with Crippen LogP contribution in [-0.4, -0.2) is 25.3 Å². The molecular formula is C26H34N4OS. The van der Waals surface area contributed by atoms with Gasteiger partial charge < -0.3 is 9.87 Å². The second kappa shape index (κ2) is 9.38. The summed E-state index contributed by atoms with van der Waals surface area (Å²) in [6, 6.07) is 15.3. The van der Waals surface area contributed by atoms with E-state index in [2.05, 4.69) is 65.3 Å². The molecule has 32 heavy (non-hydrogen) atoms. The maximum Gasteiger partial charge on any atom is 0.136 e.